The monoisotopic (exact) mass is 380 g/mol. The number of nitrogens with zero attached hydrogens (tertiary/aromatic N) is 3. The van der Waals surface area contributed by atoms with E-state index in [0.717, 1.165) is 4.68 Å². The molecule has 0 aliphatic carbocycles. The van der Waals surface area contributed by atoms with Crippen LogP contribution in [-0.4, -0.2) is 53.6 Å². The minimum absolute atomic E-state index is 0.0209. The summed E-state index contributed by atoms with van der Waals surface area (Å²) in [6.45, 7) is 4.10. The van der Waals surface area contributed by atoms with Crippen molar-refractivity contribution in [2.45, 2.75) is 57.3 Å². The number of aromatic nitrogens is 2. The van der Waals surface area contributed by atoms with Crippen LogP contribution in [0.4, 0.5) is 19.0 Å². The van der Waals surface area contributed by atoms with Crippen LogP contribution < -0.4 is 5.32 Å². The number of halogens is 3. The van der Waals surface area contributed by atoms with Crippen LogP contribution in [0.15, 0.2) is 6.07 Å². The Hall–Kier alpha value is -1.29. The lowest BCUT2D eigenvalue weighted by Crippen LogP contribution is -2.39. The van der Waals surface area contributed by atoms with Crippen LogP contribution in [-0.2, 0) is 10.0 Å². The molecule has 1 N–H and O–H groups in total. The number of sulfonamides is 1. The summed E-state index contributed by atoms with van der Waals surface area (Å²) < 4.78 is 66.3. The average Bonchev–Trinajstić information content (AvgIpc) is 2.97. The van der Waals surface area contributed by atoms with E-state index < -0.39 is 22.2 Å². The second-order valence-corrected chi connectivity index (χ2v) is 9.07. The van der Waals surface area contributed by atoms with Crippen LogP contribution in [0, 0.1) is 0 Å². The number of alkyl halides is 3. The standard InChI is InChI=1S/C15H23F3N4O2S/c1-3-25(23,24)21-6-4-11(5-7-21)12-9-14-19-10(2)8-13(15(16,17)18)22(14)20-12/h9-11,13,19H,3-8H2,1-2H3/t10-,13-/m1/s1. The number of piperidine rings is 1. The van der Waals surface area contributed by atoms with Gasteiger partial charge in [0.05, 0.1) is 11.4 Å². The summed E-state index contributed by atoms with van der Waals surface area (Å²) in [6.07, 6.45) is -3.25. The van der Waals surface area contributed by atoms with E-state index in [-0.39, 0.29) is 24.1 Å². The molecule has 1 aromatic rings. The van der Waals surface area contributed by atoms with Gasteiger partial charge in [-0.25, -0.2) is 17.4 Å². The molecule has 1 fully saturated rings. The van der Waals surface area contributed by atoms with E-state index >= 15 is 0 Å². The van der Waals surface area contributed by atoms with Crippen molar-refractivity contribution in [2.24, 2.45) is 0 Å². The van der Waals surface area contributed by atoms with Gasteiger partial charge in [-0.1, -0.05) is 0 Å². The summed E-state index contributed by atoms with van der Waals surface area (Å²) >= 11 is 0. The largest absolute Gasteiger partial charge is 0.410 e. The lowest BCUT2D eigenvalue weighted by Gasteiger charge is -2.31. The summed E-state index contributed by atoms with van der Waals surface area (Å²) in [7, 11) is -3.22. The van der Waals surface area contributed by atoms with Crippen molar-refractivity contribution >= 4 is 15.8 Å². The van der Waals surface area contributed by atoms with Crippen molar-refractivity contribution in [2.75, 3.05) is 24.2 Å². The van der Waals surface area contributed by atoms with Crippen molar-refractivity contribution in [1.82, 2.24) is 14.1 Å². The third-order valence-corrected chi connectivity index (χ3v) is 6.91. The predicted molar refractivity (Wildman–Crippen MR) is 88.0 cm³/mol. The zero-order valence-electron chi connectivity index (χ0n) is 14.3. The fourth-order valence-corrected chi connectivity index (χ4v) is 4.72. The quantitative estimate of drug-likeness (QED) is 0.876. The Kier molecular flexibility index (Phi) is 4.78. The fourth-order valence-electron chi connectivity index (χ4n) is 3.59. The van der Waals surface area contributed by atoms with Gasteiger partial charge in [0.25, 0.3) is 0 Å². The number of nitrogens with one attached hydrogen (secondary N) is 1. The van der Waals surface area contributed by atoms with Crippen molar-refractivity contribution in [3.05, 3.63) is 11.8 Å². The minimum Gasteiger partial charge on any atom is -0.368 e. The van der Waals surface area contributed by atoms with Crippen LogP contribution in [0.2, 0.25) is 0 Å². The summed E-state index contributed by atoms with van der Waals surface area (Å²) in [5, 5.41) is 7.29. The molecule has 0 radical (unpaired) electrons. The van der Waals surface area contributed by atoms with Gasteiger partial charge in [0.2, 0.25) is 10.0 Å². The fraction of sp³-hybridized carbons (Fsp3) is 0.800. The van der Waals surface area contributed by atoms with Gasteiger partial charge in [0.1, 0.15) is 5.82 Å². The molecule has 142 valence electrons. The lowest BCUT2D eigenvalue weighted by atomic mass is 9.95. The normalized spacial score (nSPS) is 26.3. The molecule has 2 aliphatic heterocycles. The van der Waals surface area contributed by atoms with E-state index in [2.05, 4.69) is 10.4 Å². The summed E-state index contributed by atoms with van der Waals surface area (Å²) in [5.41, 5.74) is 0.611. The van der Waals surface area contributed by atoms with Crippen molar-refractivity contribution < 1.29 is 21.6 Å². The topological polar surface area (TPSA) is 67.2 Å². The third kappa shape index (κ3) is 3.64. The highest BCUT2D eigenvalue weighted by Gasteiger charge is 2.45. The molecule has 6 nitrogen and oxygen atoms in total. The first kappa shape index (κ1) is 18.5. The zero-order valence-corrected chi connectivity index (χ0v) is 15.1. The molecule has 3 heterocycles. The first-order valence-electron chi connectivity index (χ1n) is 8.52. The second kappa shape index (κ2) is 6.46. The molecular weight excluding hydrogens is 357 g/mol. The van der Waals surface area contributed by atoms with Crippen molar-refractivity contribution in [1.29, 1.82) is 0 Å². The van der Waals surface area contributed by atoms with Gasteiger partial charge in [-0.3, -0.25) is 0 Å². The Balaban J connectivity index is 1.78. The molecule has 2 aliphatic rings. The molecule has 0 amide bonds. The van der Waals surface area contributed by atoms with Gasteiger partial charge >= 0.3 is 6.18 Å². The molecule has 0 saturated carbocycles. The zero-order chi connectivity index (χ0) is 18.4. The first-order chi connectivity index (χ1) is 11.6. The van der Waals surface area contributed by atoms with Gasteiger partial charge in [0.15, 0.2) is 6.04 Å². The average molecular weight is 380 g/mol. The molecule has 0 spiro atoms. The molecule has 3 rings (SSSR count). The van der Waals surface area contributed by atoms with Gasteiger partial charge < -0.3 is 5.32 Å². The molecule has 0 unspecified atom stereocenters. The van der Waals surface area contributed by atoms with E-state index in [9.17, 15) is 21.6 Å². The molecule has 1 saturated heterocycles. The summed E-state index contributed by atoms with van der Waals surface area (Å²) in [4.78, 5) is 0. The smallest absolute Gasteiger partial charge is 0.368 e. The number of hydrogen-bond acceptors (Lipinski definition) is 4. The third-order valence-electron chi connectivity index (χ3n) is 5.03. The highest BCUT2D eigenvalue weighted by atomic mass is 32.2. The SMILES string of the molecule is CCS(=O)(=O)N1CCC(c2cc3n(n2)[C@@H](C(F)(F)F)C[C@@H](C)N3)CC1. The number of fused-ring (bicyclic) bond motifs is 1. The van der Waals surface area contributed by atoms with E-state index in [1.54, 1.807) is 19.9 Å². The number of rotatable bonds is 3. The molecule has 2 atom stereocenters. The van der Waals surface area contributed by atoms with E-state index in [0.29, 0.717) is 37.4 Å². The predicted octanol–water partition coefficient (Wildman–Crippen LogP) is 2.72. The number of anilines is 1. The molecule has 0 bridgehead atoms. The van der Waals surface area contributed by atoms with Gasteiger partial charge in [-0.2, -0.15) is 18.3 Å². The van der Waals surface area contributed by atoms with E-state index in [4.69, 9.17) is 0 Å². The minimum atomic E-state index is -4.34. The maximum atomic E-state index is 13.3. The van der Waals surface area contributed by atoms with Crippen LogP contribution in [0.1, 0.15) is 50.8 Å². The second-order valence-electron chi connectivity index (χ2n) is 6.81. The molecule has 0 aromatic carbocycles. The Morgan fingerprint density at radius 2 is 1.96 bits per heavy atom. The Morgan fingerprint density at radius 3 is 2.52 bits per heavy atom. The van der Waals surface area contributed by atoms with Crippen LogP contribution in [0.5, 0.6) is 0 Å². The van der Waals surface area contributed by atoms with Gasteiger partial charge in [-0.05, 0) is 33.1 Å². The Labute approximate surface area is 145 Å². The Bertz CT molecular complexity index is 724. The summed E-state index contributed by atoms with van der Waals surface area (Å²) in [6, 6.07) is -0.212. The van der Waals surface area contributed by atoms with E-state index in [1.165, 1.54) is 4.31 Å². The van der Waals surface area contributed by atoms with Crippen LogP contribution in [0.25, 0.3) is 0 Å². The number of hydrogen-bond donors (Lipinski definition) is 1. The van der Waals surface area contributed by atoms with Gasteiger partial charge in [-0.15, -0.1) is 0 Å². The van der Waals surface area contributed by atoms with Crippen molar-refractivity contribution in [3.63, 3.8) is 0 Å². The maximum absolute atomic E-state index is 13.3. The van der Waals surface area contributed by atoms with Gasteiger partial charge in [0, 0.05) is 31.1 Å². The van der Waals surface area contributed by atoms with Crippen LogP contribution in [0.3, 0.4) is 0 Å². The van der Waals surface area contributed by atoms with Crippen molar-refractivity contribution in [3.8, 4) is 0 Å². The highest BCUT2D eigenvalue weighted by molar-refractivity contribution is 7.89. The molecule has 10 heteroatoms. The Morgan fingerprint density at radius 1 is 1.32 bits per heavy atom. The van der Waals surface area contributed by atoms with Crippen LogP contribution >= 0.6 is 0 Å². The summed E-state index contributed by atoms with van der Waals surface area (Å²) in [5.74, 6) is 0.429. The lowest BCUT2D eigenvalue weighted by molar-refractivity contribution is -0.173. The maximum Gasteiger partial charge on any atom is 0.410 e. The molecule has 1 aromatic heterocycles. The molecular formula is C15H23F3N4O2S. The first-order valence-corrected chi connectivity index (χ1v) is 10.1. The molecule has 25 heavy (non-hydrogen) atoms. The highest BCUT2D eigenvalue weighted by Crippen LogP contribution is 2.41. The van der Waals surface area contributed by atoms with E-state index in [1.807, 2.05) is 0 Å².